The second kappa shape index (κ2) is 3.80. The van der Waals surface area contributed by atoms with E-state index in [4.69, 9.17) is 5.14 Å². The topological polar surface area (TPSA) is 43.1 Å². The van der Waals surface area contributed by atoms with Gasteiger partial charge in [0.05, 0.1) is 16.7 Å². The van der Waals surface area contributed by atoms with E-state index in [9.17, 15) is 4.21 Å². The summed E-state index contributed by atoms with van der Waals surface area (Å²) in [6, 6.07) is 0. The maximum absolute atomic E-state index is 10.3. The van der Waals surface area contributed by atoms with Crippen molar-refractivity contribution in [3.63, 3.8) is 0 Å². The zero-order chi connectivity index (χ0) is 6.57. The second-order valence-corrected chi connectivity index (χ2v) is 2.71. The van der Waals surface area contributed by atoms with Crippen LogP contribution in [0.1, 0.15) is 13.8 Å². The van der Waals surface area contributed by atoms with Crippen LogP contribution < -0.4 is 5.14 Å². The number of hydrogen-bond donors (Lipinski definition) is 1. The van der Waals surface area contributed by atoms with Gasteiger partial charge in [-0.25, -0.2) is 4.21 Å². The second-order valence-electron chi connectivity index (χ2n) is 1.66. The SMILES string of the molecule is C/C=C(\C)CS(N)=O. The summed E-state index contributed by atoms with van der Waals surface area (Å²) in [6.45, 7) is 3.81. The average molecular weight is 133 g/mol. The fourth-order valence-corrected chi connectivity index (χ4v) is 0.923. The molecule has 3 heteroatoms. The van der Waals surface area contributed by atoms with Crippen LogP contribution in [0.2, 0.25) is 0 Å². The van der Waals surface area contributed by atoms with Crippen LogP contribution >= 0.6 is 0 Å². The maximum atomic E-state index is 10.3. The van der Waals surface area contributed by atoms with Crippen molar-refractivity contribution in [3.05, 3.63) is 11.6 Å². The van der Waals surface area contributed by atoms with Crippen molar-refractivity contribution in [3.8, 4) is 0 Å². The lowest BCUT2D eigenvalue weighted by atomic mass is 10.3. The lowest BCUT2D eigenvalue weighted by Crippen LogP contribution is -2.07. The molecule has 0 aliphatic heterocycles. The van der Waals surface area contributed by atoms with E-state index in [0.29, 0.717) is 5.75 Å². The minimum absolute atomic E-state index is 0.497. The van der Waals surface area contributed by atoms with Crippen molar-refractivity contribution in [2.45, 2.75) is 13.8 Å². The van der Waals surface area contributed by atoms with E-state index >= 15 is 0 Å². The molecule has 1 unspecified atom stereocenters. The molecule has 0 aliphatic carbocycles. The first-order chi connectivity index (χ1) is 3.66. The monoisotopic (exact) mass is 133 g/mol. The van der Waals surface area contributed by atoms with E-state index in [-0.39, 0.29) is 0 Å². The predicted molar refractivity (Wildman–Crippen MR) is 36.6 cm³/mol. The molecule has 2 N–H and O–H groups in total. The Hall–Kier alpha value is -0.150. The average Bonchev–Trinajstić information content (AvgIpc) is 1.65. The van der Waals surface area contributed by atoms with Crippen molar-refractivity contribution in [1.82, 2.24) is 0 Å². The molecule has 0 spiro atoms. The lowest BCUT2D eigenvalue weighted by molar-refractivity contribution is 0.685. The molecule has 8 heavy (non-hydrogen) atoms. The Balaban J connectivity index is 3.56. The number of nitrogens with two attached hydrogens (primary N) is 1. The number of rotatable bonds is 2. The Morgan fingerprint density at radius 3 is 2.50 bits per heavy atom. The van der Waals surface area contributed by atoms with Crippen LogP contribution in [0.15, 0.2) is 11.6 Å². The normalized spacial score (nSPS) is 16.1. The highest BCUT2D eigenvalue weighted by molar-refractivity contribution is 7.82. The zero-order valence-corrected chi connectivity index (χ0v) is 5.99. The molecule has 0 radical (unpaired) electrons. The number of allylic oxidation sites excluding steroid dienone is 1. The van der Waals surface area contributed by atoms with Gasteiger partial charge in [-0.2, -0.15) is 0 Å². The molecule has 0 heterocycles. The van der Waals surface area contributed by atoms with Crippen molar-refractivity contribution in [2.75, 3.05) is 5.75 Å². The third-order valence-corrected chi connectivity index (χ3v) is 1.60. The molecule has 0 saturated carbocycles. The predicted octanol–water partition coefficient (Wildman–Crippen LogP) is 0.575. The van der Waals surface area contributed by atoms with Gasteiger partial charge in [0, 0.05) is 0 Å². The molecule has 48 valence electrons. The molecule has 0 aromatic heterocycles. The van der Waals surface area contributed by atoms with Crippen LogP contribution in [0.4, 0.5) is 0 Å². The Labute approximate surface area is 52.4 Å². The first-order valence-electron chi connectivity index (χ1n) is 2.41. The van der Waals surface area contributed by atoms with Crippen molar-refractivity contribution in [2.24, 2.45) is 5.14 Å². The summed E-state index contributed by atoms with van der Waals surface area (Å²) < 4.78 is 10.3. The molecule has 0 saturated heterocycles. The fraction of sp³-hybridized carbons (Fsp3) is 0.600. The van der Waals surface area contributed by atoms with Crippen LogP contribution in [0.5, 0.6) is 0 Å². The Kier molecular flexibility index (Phi) is 3.73. The summed E-state index contributed by atoms with van der Waals surface area (Å²) in [5.41, 5.74) is 1.07. The van der Waals surface area contributed by atoms with Gasteiger partial charge in [0.1, 0.15) is 0 Å². The molecule has 0 aromatic carbocycles. The molecule has 0 rings (SSSR count). The molecule has 2 nitrogen and oxygen atoms in total. The molecule has 0 aromatic rings. The van der Waals surface area contributed by atoms with E-state index in [1.165, 1.54) is 0 Å². The summed E-state index contributed by atoms with van der Waals surface area (Å²) in [5, 5.41) is 5.00. The fourth-order valence-electron chi connectivity index (χ4n) is 0.308. The van der Waals surface area contributed by atoms with E-state index in [2.05, 4.69) is 0 Å². The molecule has 0 bridgehead atoms. The first-order valence-corrected chi connectivity index (χ1v) is 3.79. The van der Waals surface area contributed by atoms with Crippen molar-refractivity contribution in [1.29, 1.82) is 0 Å². The van der Waals surface area contributed by atoms with Crippen LogP contribution in [-0.2, 0) is 11.0 Å². The standard InChI is InChI=1S/C5H11NOS/c1-3-5(2)4-8(6)7/h3H,4,6H2,1-2H3/b5-3+. The van der Waals surface area contributed by atoms with Gasteiger partial charge in [0.15, 0.2) is 0 Å². The molecular weight excluding hydrogens is 122 g/mol. The molecule has 0 amide bonds. The minimum Gasteiger partial charge on any atom is -0.252 e. The molecular formula is C5H11NOS. The van der Waals surface area contributed by atoms with Gasteiger partial charge in [-0.1, -0.05) is 11.6 Å². The largest absolute Gasteiger partial charge is 0.252 e. The highest BCUT2D eigenvalue weighted by atomic mass is 32.2. The first kappa shape index (κ1) is 7.85. The summed E-state index contributed by atoms with van der Waals surface area (Å²) in [7, 11) is -1.16. The molecule has 0 fully saturated rings. The van der Waals surface area contributed by atoms with Gasteiger partial charge >= 0.3 is 0 Å². The van der Waals surface area contributed by atoms with Crippen LogP contribution in [0.3, 0.4) is 0 Å². The van der Waals surface area contributed by atoms with Gasteiger partial charge < -0.3 is 0 Å². The zero-order valence-electron chi connectivity index (χ0n) is 5.18. The summed E-state index contributed by atoms with van der Waals surface area (Å²) in [6.07, 6.45) is 1.91. The summed E-state index contributed by atoms with van der Waals surface area (Å²) >= 11 is 0. The van der Waals surface area contributed by atoms with Gasteiger partial charge in [-0.15, -0.1) is 0 Å². The van der Waals surface area contributed by atoms with Gasteiger partial charge in [0.25, 0.3) is 0 Å². The summed E-state index contributed by atoms with van der Waals surface area (Å²) in [5.74, 6) is 0.497. The highest BCUT2D eigenvalue weighted by Crippen LogP contribution is 1.90. The maximum Gasteiger partial charge on any atom is 0.0929 e. The summed E-state index contributed by atoms with van der Waals surface area (Å²) in [4.78, 5) is 0. The Morgan fingerprint density at radius 2 is 2.38 bits per heavy atom. The molecule has 1 atom stereocenters. The van der Waals surface area contributed by atoms with Gasteiger partial charge in [0.2, 0.25) is 0 Å². The van der Waals surface area contributed by atoms with Crippen molar-refractivity contribution >= 4 is 11.0 Å². The molecule has 0 aliphatic rings. The third-order valence-electron chi connectivity index (χ3n) is 0.863. The quantitative estimate of drug-likeness (QED) is 0.550. The lowest BCUT2D eigenvalue weighted by Gasteiger charge is -1.91. The third kappa shape index (κ3) is 4.02. The van der Waals surface area contributed by atoms with Gasteiger partial charge in [-0.05, 0) is 13.8 Å². The van der Waals surface area contributed by atoms with E-state index in [0.717, 1.165) is 5.57 Å². The number of hydrogen-bond acceptors (Lipinski definition) is 1. The van der Waals surface area contributed by atoms with Crippen LogP contribution in [0, 0.1) is 0 Å². The van der Waals surface area contributed by atoms with Crippen LogP contribution in [0.25, 0.3) is 0 Å². The Morgan fingerprint density at radius 1 is 1.88 bits per heavy atom. The smallest absolute Gasteiger partial charge is 0.0929 e. The van der Waals surface area contributed by atoms with Crippen LogP contribution in [-0.4, -0.2) is 9.96 Å². The van der Waals surface area contributed by atoms with Gasteiger partial charge in [-0.3, -0.25) is 5.14 Å². The highest BCUT2D eigenvalue weighted by Gasteiger charge is 1.89. The van der Waals surface area contributed by atoms with E-state index < -0.39 is 11.0 Å². The van der Waals surface area contributed by atoms with Crippen molar-refractivity contribution < 1.29 is 4.21 Å². The minimum atomic E-state index is -1.16. The Bertz CT molecular complexity index is 120. The van der Waals surface area contributed by atoms with E-state index in [1.54, 1.807) is 0 Å². The van der Waals surface area contributed by atoms with E-state index in [1.807, 2.05) is 19.9 Å².